The number of carbonyl (C=O) groups is 1. The van der Waals surface area contributed by atoms with E-state index < -0.39 is 11.1 Å². The van der Waals surface area contributed by atoms with Crippen LogP contribution in [0.3, 0.4) is 0 Å². The van der Waals surface area contributed by atoms with Crippen LogP contribution >= 0.6 is 0 Å². The van der Waals surface area contributed by atoms with Crippen molar-refractivity contribution in [3.8, 4) is 22.6 Å². The first-order valence-corrected chi connectivity index (χ1v) is 11.4. The summed E-state index contributed by atoms with van der Waals surface area (Å²) in [4.78, 5) is 19.9. The lowest BCUT2D eigenvalue weighted by Gasteiger charge is -2.43. The van der Waals surface area contributed by atoms with Gasteiger partial charge in [-0.15, -0.1) is 0 Å². The third-order valence-corrected chi connectivity index (χ3v) is 6.81. The minimum absolute atomic E-state index is 0.128. The van der Waals surface area contributed by atoms with Crippen LogP contribution < -0.4 is 15.2 Å². The van der Waals surface area contributed by atoms with E-state index in [2.05, 4.69) is 25.1 Å². The van der Waals surface area contributed by atoms with Crippen LogP contribution in [-0.2, 0) is 16.8 Å². The Morgan fingerprint density at radius 3 is 2.47 bits per heavy atom. The number of methoxy groups -OCH3 is 1. The van der Waals surface area contributed by atoms with E-state index in [9.17, 15) is 4.79 Å². The molecule has 6 heteroatoms. The fourth-order valence-electron chi connectivity index (χ4n) is 5.15. The van der Waals surface area contributed by atoms with E-state index >= 15 is 0 Å². The molecule has 0 fully saturated rings. The summed E-state index contributed by atoms with van der Waals surface area (Å²) >= 11 is 0. The molecule has 2 atom stereocenters. The SMILES string of the molecule is COc1ccc(C[C@]2(C)C[C@@]3(N=C(N)N(C)C3=O)c3cc(-c4cccc(C)c4)ccc3O2)cc1. The Balaban J connectivity index is 1.60. The molecule has 0 bridgehead atoms. The molecule has 2 N–H and O–H groups in total. The minimum atomic E-state index is -1.12. The van der Waals surface area contributed by atoms with E-state index in [1.807, 2.05) is 55.5 Å². The van der Waals surface area contributed by atoms with E-state index in [-0.39, 0.29) is 11.9 Å². The van der Waals surface area contributed by atoms with Crippen molar-refractivity contribution < 1.29 is 14.3 Å². The van der Waals surface area contributed by atoms with Gasteiger partial charge in [0, 0.05) is 25.5 Å². The smallest absolute Gasteiger partial charge is 0.261 e. The highest BCUT2D eigenvalue weighted by Crippen LogP contribution is 2.50. The number of carbonyl (C=O) groups excluding carboxylic acids is 1. The maximum absolute atomic E-state index is 13.6. The van der Waals surface area contributed by atoms with Gasteiger partial charge in [-0.1, -0.05) is 48.0 Å². The minimum Gasteiger partial charge on any atom is -0.497 e. The molecule has 3 aromatic rings. The number of ether oxygens (including phenoxy) is 2. The monoisotopic (exact) mass is 455 g/mol. The summed E-state index contributed by atoms with van der Waals surface area (Å²) in [5.74, 6) is 1.57. The summed E-state index contributed by atoms with van der Waals surface area (Å²) in [6.45, 7) is 4.10. The van der Waals surface area contributed by atoms with Gasteiger partial charge in [-0.2, -0.15) is 0 Å². The lowest BCUT2D eigenvalue weighted by atomic mass is 9.74. The van der Waals surface area contributed by atoms with Gasteiger partial charge in [0.1, 0.15) is 17.1 Å². The maximum Gasteiger partial charge on any atom is 0.261 e. The lowest BCUT2D eigenvalue weighted by molar-refractivity contribution is -0.133. The molecule has 34 heavy (non-hydrogen) atoms. The normalized spacial score (nSPS) is 23.5. The Bertz CT molecular complexity index is 1300. The molecule has 5 rings (SSSR count). The van der Waals surface area contributed by atoms with E-state index in [1.165, 1.54) is 10.5 Å². The predicted molar refractivity (Wildman–Crippen MR) is 133 cm³/mol. The average molecular weight is 456 g/mol. The van der Waals surface area contributed by atoms with Gasteiger partial charge in [-0.3, -0.25) is 9.69 Å². The van der Waals surface area contributed by atoms with Gasteiger partial charge in [0.2, 0.25) is 0 Å². The molecule has 0 unspecified atom stereocenters. The molecule has 1 spiro atoms. The molecular formula is C28H29N3O3. The topological polar surface area (TPSA) is 77.2 Å². The second-order valence-corrected chi connectivity index (χ2v) is 9.53. The zero-order valence-electron chi connectivity index (χ0n) is 20.0. The molecule has 1 amide bonds. The van der Waals surface area contributed by atoms with Gasteiger partial charge >= 0.3 is 0 Å². The number of hydrogen-bond acceptors (Lipinski definition) is 5. The van der Waals surface area contributed by atoms with Crippen LogP contribution in [0.4, 0.5) is 0 Å². The van der Waals surface area contributed by atoms with Crippen LogP contribution in [0.15, 0.2) is 71.7 Å². The van der Waals surface area contributed by atoms with Crippen molar-refractivity contribution in [3.63, 3.8) is 0 Å². The largest absolute Gasteiger partial charge is 0.497 e. The summed E-state index contributed by atoms with van der Waals surface area (Å²) in [6.07, 6.45) is 1.00. The van der Waals surface area contributed by atoms with Crippen molar-refractivity contribution in [2.45, 2.75) is 37.8 Å². The molecule has 0 aliphatic carbocycles. The van der Waals surface area contributed by atoms with Crippen LogP contribution in [0.1, 0.15) is 30.0 Å². The van der Waals surface area contributed by atoms with E-state index in [1.54, 1.807) is 14.2 Å². The number of aliphatic imine (C=N–C) groups is 1. The standard InChI is InChI=1S/C28H29N3O3/c1-18-6-5-7-20(14-18)21-10-13-24-23(15-21)28(25(32)31(3)26(29)30-28)17-27(2,34-24)16-19-8-11-22(33-4)12-9-19/h5-15H,16-17H2,1-4H3,(H2,29,30)/t27-,28-/m1/s1. The second kappa shape index (κ2) is 7.90. The van der Waals surface area contributed by atoms with Crippen LogP contribution in [0.5, 0.6) is 11.5 Å². The zero-order valence-corrected chi connectivity index (χ0v) is 20.0. The number of fused-ring (bicyclic) bond motifs is 2. The first-order chi connectivity index (χ1) is 16.2. The first kappa shape index (κ1) is 22.0. The fourth-order valence-corrected chi connectivity index (χ4v) is 5.15. The quantitative estimate of drug-likeness (QED) is 0.631. The van der Waals surface area contributed by atoms with Crippen molar-refractivity contribution in [1.29, 1.82) is 0 Å². The zero-order chi connectivity index (χ0) is 24.1. The number of rotatable bonds is 4. The fraction of sp³-hybridized carbons (Fsp3) is 0.286. The number of hydrogen-bond donors (Lipinski definition) is 1. The summed E-state index contributed by atoms with van der Waals surface area (Å²) < 4.78 is 11.9. The number of amides is 1. The van der Waals surface area contributed by atoms with Gasteiger partial charge in [0.05, 0.1) is 7.11 Å². The molecule has 0 saturated carbocycles. The summed E-state index contributed by atoms with van der Waals surface area (Å²) in [5, 5.41) is 0. The van der Waals surface area contributed by atoms with Crippen LogP contribution in [0, 0.1) is 6.92 Å². The van der Waals surface area contributed by atoms with Crippen molar-refractivity contribution in [2.75, 3.05) is 14.2 Å². The predicted octanol–water partition coefficient (Wildman–Crippen LogP) is 4.44. The highest BCUT2D eigenvalue weighted by atomic mass is 16.5. The Labute approximate surface area is 200 Å². The maximum atomic E-state index is 13.6. The second-order valence-electron chi connectivity index (χ2n) is 9.53. The molecule has 2 heterocycles. The van der Waals surface area contributed by atoms with Crippen LogP contribution in [0.25, 0.3) is 11.1 Å². The van der Waals surface area contributed by atoms with E-state index in [4.69, 9.17) is 20.2 Å². The number of nitrogens with zero attached hydrogens (tertiary/aromatic N) is 2. The molecule has 0 aromatic heterocycles. The summed E-state index contributed by atoms with van der Waals surface area (Å²) in [6, 6.07) is 22.2. The van der Waals surface area contributed by atoms with Gasteiger partial charge in [-0.25, -0.2) is 4.99 Å². The van der Waals surface area contributed by atoms with Crippen molar-refractivity contribution >= 4 is 11.9 Å². The van der Waals surface area contributed by atoms with Crippen molar-refractivity contribution in [2.24, 2.45) is 10.7 Å². The molecular weight excluding hydrogens is 426 g/mol. The average Bonchev–Trinajstić information content (AvgIpc) is 3.02. The Morgan fingerprint density at radius 1 is 1.09 bits per heavy atom. The highest BCUT2D eigenvalue weighted by molar-refractivity contribution is 6.07. The van der Waals surface area contributed by atoms with E-state index in [0.29, 0.717) is 18.6 Å². The number of aryl methyl sites for hydroxylation is 1. The highest BCUT2D eigenvalue weighted by Gasteiger charge is 2.56. The molecule has 0 saturated heterocycles. The van der Waals surface area contributed by atoms with E-state index in [0.717, 1.165) is 28.0 Å². The summed E-state index contributed by atoms with van der Waals surface area (Å²) in [5.41, 5.74) is 9.52. The number of likely N-dealkylation sites (N-methyl/N-ethyl adjacent to an activating group) is 1. The van der Waals surface area contributed by atoms with Crippen molar-refractivity contribution in [3.05, 3.63) is 83.4 Å². The molecule has 174 valence electrons. The van der Waals surface area contributed by atoms with Gasteiger partial charge < -0.3 is 15.2 Å². The van der Waals surface area contributed by atoms with Crippen LogP contribution in [0.2, 0.25) is 0 Å². The third kappa shape index (κ3) is 3.59. The molecule has 0 radical (unpaired) electrons. The Morgan fingerprint density at radius 2 is 1.82 bits per heavy atom. The third-order valence-electron chi connectivity index (χ3n) is 6.81. The molecule has 6 nitrogen and oxygen atoms in total. The molecule has 3 aromatic carbocycles. The Hall–Kier alpha value is -3.80. The summed E-state index contributed by atoms with van der Waals surface area (Å²) in [7, 11) is 3.33. The molecule has 2 aliphatic heterocycles. The van der Waals surface area contributed by atoms with Gasteiger partial charge in [0.25, 0.3) is 5.91 Å². The van der Waals surface area contributed by atoms with Crippen molar-refractivity contribution in [1.82, 2.24) is 4.90 Å². The lowest BCUT2D eigenvalue weighted by Crippen LogP contribution is -2.51. The van der Waals surface area contributed by atoms with Gasteiger partial charge in [0.15, 0.2) is 11.5 Å². The number of guanidine groups is 1. The number of benzene rings is 3. The Kier molecular flexibility index (Phi) is 5.12. The van der Waals surface area contributed by atoms with Crippen LogP contribution in [-0.4, -0.2) is 36.5 Å². The van der Waals surface area contributed by atoms with Gasteiger partial charge in [-0.05, 0) is 54.8 Å². The number of nitrogens with two attached hydrogens (primary N) is 1. The molecule has 2 aliphatic rings. The first-order valence-electron chi connectivity index (χ1n) is 11.4.